The molecule has 0 amide bonds. The van der Waals surface area contributed by atoms with E-state index >= 15 is 0 Å². The van der Waals surface area contributed by atoms with Crippen molar-refractivity contribution in [3.05, 3.63) is 29.8 Å². The largest absolute Gasteiger partial charge is 0.496 e. The van der Waals surface area contributed by atoms with E-state index in [1.54, 1.807) is 7.11 Å². The van der Waals surface area contributed by atoms with E-state index in [1.807, 2.05) is 31.2 Å². The van der Waals surface area contributed by atoms with Gasteiger partial charge in [-0.2, -0.15) is 13.2 Å². The van der Waals surface area contributed by atoms with Gasteiger partial charge in [-0.1, -0.05) is 18.2 Å². The highest BCUT2D eigenvalue weighted by Crippen LogP contribution is 2.25. The van der Waals surface area contributed by atoms with E-state index in [0.29, 0.717) is 6.54 Å². The normalized spacial score (nSPS) is 13.4. The number of rotatable bonds is 6. The lowest BCUT2D eigenvalue weighted by atomic mass is 10.1. The van der Waals surface area contributed by atoms with Crippen LogP contribution in [-0.4, -0.2) is 19.8 Å². The molecule has 0 radical (unpaired) electrons. The summed E-state index contributed by atoms with van der Waals surface area (Å²) in [5.74, 6) is 0.744. The first-order valence-corrected chi connectivity index (χ1v) is 5.87. The van der Waals surface area contributed by atoms with Crippen LogP contribution in [0.25, 0.3) is 0 Å². The first-order chi connectivity index (χ1) is 8.44. The summed E-state index contributed by atoms with van der Waals surface area (Å²) in [6.07, 6.45) is -4.74. The van der Waals surface area contributed by atoms with Gasteiger partial charge in [0.15, 0.2) is 0 Å². The molecule has 1 aromatic carbocycles. The van der Waals surface area contributed by atoms with E-state index in [-0.39, 0.29) is 12.5 Å². The van der Waals surface area contributed by atoms with Gasteiger partial charge >= 0.3 is 6.18 Å². The molecule has 1 aromatic rings. The summed E-state index contributed by atoms with van der Waals surface area (Å²) in [6, 6.07) is 7.45. The molecule has 0 spiro atoms. The average molecular weight is 261 g/mol. The van der Waals surface area contributed by atoms with Crippen LogP contribution in [0.4, 0.5) is 13.2 Å². The van der Waals surface area contributed by atoms with Gasteiger partial charge in [-0.3, -0.25) is 0 Å². The number of halogens is 3. The Balaban J connectivity index is 2.43. The van der Waals surface area contributed by atoms with E-state index in [9.17, 15) is 13.2 Å². The van der Waals surface area contributed by atoms with Crippen molar-refractivity contribution >= 4 is 0 Å². The number of hydrogen-bond acceptors (Lipinski definition) is 2. The molecule has 1 N–H and O–H groups in total. The van der Waals surface area contributed by atoms with Crippen molar-refractivity contribution in [3.8, 4) is 5.75 Å². The summed E-state index contributed by atoms with van der Waals surface area (Å²) in [5, 5.41) is 3.07. The second kappa shape index (κ2) is 6.64. The Morgan fingerprint density at radius 3 is 2.56 bits per heavy atom. The quantitative estimate of drug-likeness (QED) is 0.788. The van der Waals surface area contributed by atoms with E-state index < -0.39 is 12.6 Å². The first kappa shape index (κ1) is 14.8. The number of methoxy groups -OCH3 is 1. The SMILES string of the molecule is COc1ccccc1C(C)NCCCC(F)(F)F. The van der Waals surface area contributed by atoms with Crippen LogP contribution in [0.1, 0.15) is 31.4 Å². The van der Waals surface area contributed by atoms with Crippen LogP contribution in [-0.2, 0) is 0 Å². The standard InChI is InChI=1S/C13H18F3NO/c1-10(17-9-5-8-13(14,15)16)11-6-3-4-7-12(11)18-2/h3-4,6-7,10,17H,5,8-9H2,1-2H3. The molecule has 1 unspecified atom stereocenters. The van der Waals surface area contributed by atoms with Gasteiger partial charge in [0.2, 0.25) is 0 Å². The average Bonchev–Trinajstić information content (AvgIpc) is 2.33. The third-order valence-corrected chi connectivity index (χ3v) is 2.69. The first-order valence-electron chi connectivity index (χ1n) is 5.87. The lowest BCUT2D eigenvalue weighted by molar-refractivity contribution is -0.135. The van der Waals surface area contributed by atoms with Crippen LogP contribution >= 0.6 is 0 Å². The van der Waals surface area contributed by atoms with Crippen molar-refractivity contribution in [1.82, 2.24) is 5.32 Å². The summed E-state index contributed by atoms with van der Waals surface area (Å²) in [5.41, 5.74) is 0.951. The molecule has 1 rings (SSSR count). The Morgan fingerprint density at radius 1 is 1.28 bits per heavy atom. The summed E-state index contributed by atoms with van der Waals surface area (Å²) in [4.78, 5) is 0. The molecule has 0 bridgehead atoms. The molecular weight excluding hydrogens is 243 g/mol. The molecule has 0 aliphatic heterocycles. The van der Waals surface area contributed by atoms with Crippen LogP contribution in [0.15, 0.2) is 24.3 Å². The zero-order valence-corrected chi connectivity index (χ0v) is 10.6. The maximum Gasteiger partial charge on any atom is 0.389 e. The van der Waals surface area contributed by atoms with Crippen LogP contribution in [0.5, 0.6) is 5.75 Å². The fraction of sp³-hybridized carbons (Fsp3) is 0.538. The van der Waals surface area contributed by atoms with Gasteiger partial charge in [-0.15, -0.1) is 0 Å². The second-order valence-corrected chi connectivity index (χ2v) is 4.14. The van der Waals surface area contributed by atoms with Crippen LogP contribution in [0.3, 0.4) is 0 Å². The molecule has 0 saturated heterocycles. The minimum absolute atomic E-state index is 0.0330. The lowest BCUT2D eigenvalue weighted by Gasteiger charge is -2.17. The van der Waals surface area contributed by atoms with Crippen molar-refractivity contribution < 1.29 is 17.9 Å². The van der Waals surface area contributed by atoms with Crippen molar-refractivity contribution in [1.29, 1.82) is 0 Å². The topological polar surface area (TPSA) is 21.3 Å². The molecule has 18 heavy (non-hydrogen) atoms. The van der Waals surface area contributed by atoms with Gasteiger partial charge in [0.25, 0.3) is 0 Å². The van der Waals surface area contributed by atoms with E-state index in [1.165, 1.54) is 0 Å². The van der Waals surface area contributed by atoms with Gasteiger partial charge in [0.05, 0.1) is 7.11 Å². The highest BCUT2D eigenvalue weighted by molar-refractivity contribution is 5.35. The summed E-state index contributed by atoms with van der Waals surface area (Å²) in [7, 11) is 1.58. The van der Waals surface area contributed by atoms with E-state index in [2.05, 4.69) is 5.32 Å². The molecule has 0 fully saturated rings. The Bertz CT molecular complexity index is 365. The van der Waals surface area contributed by atoms with E-state index in [4.69, 9.17) is 4.74 Å². The van der Waals surface area contributed by atoms with Crippen LogP contribution in [0, 0.1) is 0 Å². The molecule has 0 heterocycles. The number of nitrogens with one attached hydrogen (secondary N) is 1. The minimum Gasteiger partial charge on any atom is -0.496 e. The fourth-order valence-corrected chi connectivity index (χ4v) is 1.74. The molecule has 1 atom stereocenters. The molecule has 0 aliphatic carbocycles. The van der Waals surface area contributed by atoms with Gasteiger partial charge in [0, 0.05) is 18.0 Å². The fourth-order valence-electron chi connectivity index (χ4n) is 1.74. The third kappa shape index (κ3) is 4.96. The van der Waals surface area contributed by atoms with Crippen molar-refractivity contribution in [2.24, 2.45) is 0 Å². The summed E-state index contributed by atoms with van der Waals surface area (Å²) < 4.78 is 41.1. The number of para-hydroxylation sites is 1. The number of benzene rings is 1. The van der Waals surface area contributed by atoms with Crippen LogP contribution in [0.2, 0.25) is 0 Å². The van der Waals surface area contributed by atoms with Crippen LogP contribution < -0.4 is 10.1 Å². The van der Waals surface area contributed by atoms with Gasteiger partial charge in [-0.25, -0.2) is 0 Å². The predicted molar refractivity (Wildman–Crippen MR) is 64.7 cm³/mol. The summed E-state index contributed by atoms with van der Waals surface area (Å²) >= 11 is 0. The molecule has 5 heteroatoms. The summed E-state index contributed by atoms with van der Waals surface area (Å²) in [6.45, 7) is 2.24. The zero-order chi connectivity index (χ0) is 13.6. The van der Waals surface area contributed by atoms with Crippen molar-refractivity contribution in [3.63, 3.8) is 0 Å². The number of alkyl halides is 3. The molecule has 2 nitrogen and oxygen atoms in total. The Morgan fingerprint density at radius 2 is 1.94 bits per heavy atom. The maximum absolute atomic E-state index is 12.0. The molecule has 0 aromatic heterocycles. The van der Waals surface area contributed by atoms with Gasteiger partial charge < -0.3 is 10.1 Å². The van der Waals surface area contributed by atoms with Gasteiger partial charge in [-0.05, 0) is 26.0 Å². The smallest absolute Gasteiger partial charge is 0.389 e. The second-order valence-electron chi connectivity index (χ2n) is 4.14. The maximum atomic E-state index is 12.0. The third-order valence-electron chi connectivity index (χ3n) is 2.69. The zero-order valence-electron chi connectivity index (χ0n) is 10.6. The number of hydrogen-bond donors (Lipinski definition) is 1. The van der Waals surface area contributed by atoms with Crippen molar-refractivity contribution in [2.75, 3.05) is 13.7 Å². The highest BCUT2D eigenvalue weighted by atomic mass is 19.4. The Kier molecular flexibility index (Phi) is 5.47. The highest BCUT2D eigenvalue weighted by Gasteiger charge is 2.26. The number of ether oxygens (including phenoxy) is 1. The van der Waals surface area contributed by atoms with E-state index in [0.717, 1.165) is 11.3 Å². The molecule has 0 saturated carbocycles. The lowest BCUT2D eigenvalue weighted by Crippen LogP contribution is -2.22. The molecule has 0 aliphatic rings. The predicted octanol–water partition coefficient (Wildman–Crippen LogP) is 3.69. The van der Waals surface area contributed by atoms with Crippen molar-refractivity contribution in [2.45, 2.75) is 32.0 Å². The minimum atomic E-state index is -4.07. The monoisotopic (exact) mass is 261 g/mol. The van der Waals surface area contributed by atoms with Gasteiger partial charge in [0.1, 0.15) is 5.75 Å². The Labute approximate surface area is 105 Å². The Hall–Kier alpha value is -1.23. The molecule has 102 valence electrons. The molecular formula is C13H18F3NO.